The first-order valence-corrected chi connectivity index (χ1v) is 11.5. The van der Waals surface area contributed by atoms with Crippen molar-refractivity contribution in [3.8, 4) is 0 Å². The van der Waals surface area contributed by atoms with E-state index in [2.05, 4.69) is 20.2 Å². The van der Waals surface area contributed by atoms with E-state index in [1.165, 1.54) is 24.2 Å². The molecule has 0 unspecified atom stereocenters. The fourth-order valence-corrected chi connectivity index (χ4v) is 3.85. The number of nitrogens with zero attached hydrogens (tertiary/aromatic N) is 4. The molecule has 0 atom stereocenters. The van der Waals surface area contributed by atoms with Gasteiger partial charge in [0.15, 0.2) is 0 Å². The molecule has 2 heterocycles. The van der Waals surface area contributed by atoms with Crippen LogP contribution in [0.5, 0.6) is 0 Å². The molecule has 1 saturated heterocycles. The lowest BCUT2D eigenvalue weighted by atomic mass is 10.0. The molecule has 1 amide bonds. The van der Waals surface area contributed by atoms with Crippen LogP contribution in [-0.4, -0.2) is 59.0 Å². The summed E-state index contributed by atoms with van der Waals surface area (Å²) in [5.74, 6) is 0.947. The zero-order valence-corrected chi connectivity index (χ0v) is 19.5. The van der Waals surface area contributed by atoms with Crippen molar-refractivity contribution in [2.75, 3.05) is 36.6 Å². The Balaban J connectivity index is 1.62. The van der Waals surface area contributed by atoms with Crippen molar-refractivity contribution >= 4 is 35.2 Å². The first-order valence-electron chi connectivity index (χ1n) is 10.3. The summed E-state index contributed by atoms with van der Waals surface area (Å²) in [5.41, 5.74) is -0.125. The first-order chi connectivity index (χ1) is 14.7. The second kappa shape index (κ2) is 9.72. The maximum absolute atomic E-state index is 14.3. The molecule has 1 fully saturated rings. The van der Waals surface area contributed by atoms with Crippen molar-refractivity contribution in [3.05, 3.63) is 36.4 Å². The van der Waals surface area contributed by atoms with E-state index in [0.717, 1.165) is 23.6 Å². The summed E-state index contributed by atoms with van der Waals surface area (Å²) >= 11 is 1.49. The van der Waals surface area contributed by atoms with Gasteiger partial charge < -0.3 is 19.9 Å². The van der Waals surface area contributed by atoms with Crippen molar-refractivity contribution in [1.29, 1.82) is 0 Å². The molecule has 0 bridgehead atoms. The highest BCUT2D eigenvalue weighted by Crippen LogP contribution is 2.26. The molecule has 0 saturated carbocycles. The Morgan fingerprint density at radius 1 is 1.26 bits per heavy atom. The normalized spacial score (nSPS) is 15.0. The average Bonchev–Trinajstić information content (AvgIpc) is 2.74. The van der Waals surface area contributed by atoms with Gasteiger partial charge >= 0.3 is 6.09 Å². The van der Waals surface area contributed by atoms with Gasteiger partial charge in [0, 0.05) is 37.1 Å². The average molecular weight is 448 g/mol. The van der Waals surface area contributed by atoms with E-state index < -0.39 is 5.60 Å². The first kappa shape index (κ1) is 23.1. The number of halogens is 1. The van der Waals surface area contributed by atoms with Crippen LogP contribution >= 0.6 is 11.8 Å². The molecule has 2 aromatic rings. The molecule has 31 heavy (non-hydrogen) atoms. The number of nitrogens with one attached hydrogen (secondary N) is 1. The van der Waals surface area contributed by atoms with Gasteiger partial charge in [0.1, 0.15) is 29.4 Å². The molecule has 7 nitrogen and oxygen atoms in total. The molecule has 1 N–H and O–H groups in total. The smallest absolute Gasteiger partial charge is 0.410 e. The van der Waals surface area contributed by atoms with Crippen molar-refractivity contribution in [2.24, 2.45) is 0 Å². The molecule has 1 aliphatic heterocycles. The maximum atomic E-state index is 14.3. The zero-order valence-electron chi connectivity index (χ0n) is 18.7. The molecule has 1 aromatic carbocycles. The molecule has 9 heteroatoms. The molecule has 168 valence electrons. The van der Waals surface area contributed by atoms with Crippen LogP contribution < -0.4 is 10.2 Å². The van der Waals surface area contributed by atoms with Gasteiger partial charge in [-0.15, -0.1) is 11.8 Å². The molecule has 3 rings (SSSR count). The number of carbonyl (C=O) groups excluding carboxylic acids is 1. The second-order valence-corrected chi connectivity index (χ2v) is 9.42. The van der Waals surface area contributed by atoms with Gasteiger partial charge in [-0.3, -0.25) is 0 Å². The fourth-order valence-electron chi connectivity index (χ4n) is 3.42. The summed E-state index contributed by atoms with van der Waals surface area (Å²) in [6.07, 6.45) is 4.74. The predicted octanol–water partition coefficient (Wildman–Crippen LogP) is 4.92. The zero-order chi connectivity index (χ0) is 22.6. The standard InChI is InChI=1S/C22H30FN5O2S/c1-22(2,3)30-21(29)28-10-8-15(9-11-28)27(4)20-13-19(24-14-25-20)26-18-7-6-16(31-5)12-17(18)23/h6-7,12-15H,8-11H2,1-5H3,(H,24,25,26). The number of aromatic nitrogens is 2. The number of benzene rings is 1. The Hall–Kier alpha value is -2.55. The van der Waals surface area contributed by atoms with E-state index in [1.807, 2.05) is 46.2 Å². The number of piperidine rings is 1. The van der Waals surface area contributed by atoms with Crippen LogP contribution in [0, 0.1) is 5.82 Å². The summed E-state index contributed by atoms with van der Waals surface area (Å²) in [6, 6.07) is 7.11. The number of anilines is 3. The Morgan fingerprint density at radius 2 is 1.97 bits per heavy atom. The molecule has 0 spiro atoms. The maximum Gasteiger partial charge on any atom is 0.410 e. The molecule has 0 aliphatic carbocycles. The number of hydrogen-bond donors (Lipinski definition) is 1. The minimum Gasteiger partial charge on any atom is -0.444 e. The molecule has 1 aliphatic rings. The lowest BCUT2D eigenvalue weighted by molar-refractivity contribution is 0.0205. The summed E-state index contributed by atoms with van der Waals surface area (Å²) in [4.78, 5) is 25.6. The largest absolute Gasteiger partial charge is 0.444 e. The van der Waals surface area contributed by atoms with Crippen LogP contribution in [0.1, 0.15) is 33.6 Å². The lowest BCUT2D eigenvalue weighted by Crippen LogP contribution is -2.47. The minimum atomic E-state index is -0.496. The van der Waals surface area contributed by atoms with Crippen LogP contribution in [0.2, 0.25) is 0 Å². The number of hydrogen-bond acceptors (Lipinski definition) is 7. The molecular formula is C22H30FN5O2S. The topological polar surface area (TPSA) is 70.6 Å². The Kier molecular flexibility index (Phi) is 7.25. The van der Waals surface area contributed by atoms with Gasteiger partial charge in [0.05, 0.1) is 5.69 Å². The Morgan fingerprint density at radius 3 is 2.58 bits per heavy atom. The molecule has 1 aromatic heterocycles. The monoisotopic (exact) mass is 447 g/mol. The van der Waals surface area contributed by atoms with E-state index in [4.69, 9.17) is 4.74 Å². The third-order valence-corrected chi connectivity index (χ3v) is 5.84. The quantitative estimate of drug-likeness (QED) is 0.653. The van der Waals surface area contributed by atoms with Gasteiger partial charge in [-0.25, -0.2) is 19.2 Å². The van der Waals surface area contributed by atoms with E-state index in [1.54, 1.807) is 11.0 Å². The van der Waals surface area contributed by atoms with E-state index in [-0.39, 0.29) is 18.0 Å². The Bertz CT molecular complexity index is 913. The van der Waals surface area contributed by atoms with Crippen molar-refractivity contribution in [1.82, 2.24) is 14.9 Å². The lowest BCUT2D eigenvalue weighted by Gasteiger charge is -2.37. The number of likely N-dealkylation sites (tertiary alicyclic amines) is 1. The SMILES string of the molecule is CSc1ccc(Nc2cc(N(C)C3CCN(C(=O)OC(C)(C)C)CC3)ncn2)c(F)c1. The summed E-state index contributed by atoms with van der Waals surface area (Å²) in [6.45, 7) is 6.87. The third-order valence-electron chi connectivity index (χ3n) is 5.12. The fraction of sp³-hybridized carbons (Fsp3) is 0.500. The van der Waals surface area contributed by atoms with Gasteiger partial charge in [0.2, 0.25) is 0 Å². The third kappa shape index (κ3) is 6.22. The minimum absolute atomic E-state index is 0.235. The number of amides is 1. The van der Waals surface area contributed by atoms with Gasteiger partial charge in [-0.2, -0.15) is 0 Å². The highest BCUT2D eigenvalue weighted by atomic mass is 32.2. The van der Waals surface area contributed by atoms with Crippen molar-refractivity contribution < 1.29 is 13.9 Å². The van der Waals surface area contributed by atoms with Crippen molar-refractivity contribution in [3.63, 3.8) is 0 Å². The van der Waals surface area contributed by atoms with Gasteiger partial charge in [0.25, 0.3) is 0 Å². The molecule has 0 radical (unpaired) electrons. The molecular weight excluding hydrogens is 417 g/mol. The number of carbonyl (C=O) groups is 1. The predicted molar refractivity (Wildman–Crippen MR) is 123 cm³/mol. The van der Waals surface area contributed by atoms with Crippen LogP contribution in [0.15, 0.2) is 35.5 Å². The van der Waals surface area contributed by atoms with Gasteiger partial charge in [-0.1, -0.05) is 0 Å². The van der Waals surface area contributed by atoms with Crippen LogP contribution in [0.3, 0.4) is 0 Å². The number of ether oxygens (including phenoxy) is 1. The van der Waals surface area contributed by atoms with Crippen LogP contribution in [0.25, 0.3) is 0 Å². The van der Waals surface area contributed by atoms with E-state index >= 15 is 0 Å². The highest BCUT2D eigenvalue weighted by Gasteiger charge is 2.29. The van der Waals surface area contributed by atoms with E-state index in [9.17, 15) is 9.18 Å². The van der Waals surface area contributed by atoms with Crippen molar-refractivity contribution in [2.45, 2.75) is 50.2 Å². The highest BCUT2D eigenvalue weighted by molar-refractivity contribution is 7.98. The van der Waals surface area contributed by atoms with E-state index in [0.29, 0.717) is 24.6 Å². The second-order valence-electron chi connectivity index (χ2n) is 8.54. The summed E-state index contributed by atoms with van der Waals surface area (Å²) < 4.78 is 19.8. The summed E-state index contributed by atoms with van der Waals surface area (Å²) in [5, 5.41) is 3.03. The Labute approximate surface area is 187 Å². The summed E-state index contributed by atoms with van der Waals surface area (Å²) in [7, 11) is 1.98. The number of thioether (sulfide) groups is 1. The van der Waals surface area contributed by atoms with Gasteiger partial charge in [-0.05, 0) is 58.1 Å². The van der Waals surface area contributed by atoms with Crippen LogP contribution in [-0.2, 0) is 4.74 Å². The number of rotatable bonds is 5. The van der Waals surface area contributed by atoms with Crippen LogP contribution in [0.4, 0.5) is 26.5 Å².